The number of thiophene rings is 1. The van der Waals surface area contributed by atoms with Crippen molar-refractivity contribution < 1.29 is 0 Å². The quantitative estimate of drug-likeness (QED) is 0.787. The van der Waals surface area contributed by atoms with Crippen LogP contribution in [-0.4, -0.2) is 23.1 Å². The van der Waals surface area contributed by atoms with Gasteiger partial charge in [-0.1, -0.05) is 30.3 Å². The Morgan fingerprint density at radius 2 is 2.00 bits per heavy atom. The van der Waals surface area contributed by atoms with Crippen molar-refractivity contribution in [2.75, 3.05) is 18.0 Å². The van der Waals surface area contributed by atoms with E-state index in [0.29, 0.717) is 6.54 Å². The van der Waals surface area contributed by atoms with Crippen LogP contribution in [0.4, 0.5) is 5.82 Å². The number of rotatable bonds is 5. The van der Waals surface area contributed by atoms with Crippen molar-refractivity contribution in [3.63, 3.8) is 0 Å². The minimum Gasteiger partial charge on any atom is -0.350 e. The summed E-state index contributed by atoms with van der Waals surface area (Å²) in [5.74, 6) is 0.979. The van der Waals surface area contributed by atoms with E-state index in [9.17, 15) is 0 Å². The van der Waals surface area contributed by atoms with Gasteiger partial charge in [-0.15, -0.1) is 11.3 Å². The molecule has 3 aromatic rings. The number of hydrogen-bond donors (Lipinski definition) is 1. The van der Waals surface area contributed by atoms with Gasteiger partial charge in [0.05, 0.1) is 10.2 Å². The number of nitrogens with zero attached hydrogens (tertiary/aromatic N) is 3. The van der Waals surface area contributed by atoms with E-state index in [4.69, 9.17) is 5.73 Å². The van der Waals surface area contributed by atoms with Crippen LogP contribution in [0.15, 0.2) is 42.0 Å². The monoisotopic (exact) mass is 298 g/mol. The molecule has 0 unspecified atom stereocenters. The van der Waals surface area contributed by atoms with Crippen LogP contribution in [-0.2, 0) is 6.54 Å². The van der Waals surface area contributed by atoms with Crippen LogP contribution in [0.25, 0.3) is 10.2 Å². The Morgan fingerprint density at radius 3 is 2.76 bits per heavy atom. The molecule has 5 heteroatoms. The normalized spacial score (nSPS) is 11.0. The van der Waals surface area contributed by atoms with Gasteiger partial charge in [0.1, 0.15) is 12.1 Å². The molecule has 0 aliphatic carbocycles. The summed E-state index contributed by atoms with van der Waals surface area (Å²) in [4.78, 5) is 11.1. The van der Waals surface area contributed by atoms with Gasteiger partial charge in [0.15, 0.2) is 0 Å². The molecule has 2 heterocycles. The highest BCUT2D eigenvalue weighted by molar-refractivity contribution is 7.18. The van der Waals surface area contributed by atoms with Crippen molar-refractivity contribution >= 4 is 27.4 Å². The second kappa shape index (κ2) is 6.20. The molecule has 21 heavy (non-hydrogen) atoms. The van der Waals surface area contributed by atoms with Gasteiger partial charge in [-0.05, 0) is 23.4 Å². The van der Waals surface area contributed by atoms with Crippen molar-refractivity contribution in [3.05, 3.63) is 53.2 Å². The molecule has 108 valence electrons. The summed E-state index contributed by atoms with van der Waals surface area (Å²) >= 11 is 1.70. The van der Waals surface area contributed by atoms with Crippen molar-refractivity contribution in [1.82, 2.24) is 9.97 Å². The molecule has 0 spiro atoms. The molecule has 2 aromatic heterocycles. The first kappa shape index (κ1) is 14.0. The van der Waals surface area contributed by atoms with Gasteiger partial charge in [0, 0.05) is 19.6 Å². The number of benzene rings is 1. The summed E-state index contributed by atoms with van der Waals surface area (Å²) in [7, 11) is 0. The van der Waals surface area contributed by atoms with Crippen LogP contribution >= 0.6 is 11.3 Å². The zero-order chi connectivity index (χ0) is 14.7. The van der Waals surface area contributed by atoms with Gasteiger partial charge in [0.25, 0.3) is 0 Å². The average Bonchev–Trinajstić information content (AvgIpc) is 2.90. The third-order valence-electron chi connectivity index (χ3n) is 3.43. The molecule has 0 fully saturated rings. The molecule has 0 atom stereocenters. The summed E-state index contributed by atoms with van der Waals surface area (Å²) in [5, 5.41) is 2.13. The third kappa shape index (κ3) is 2.89. The standard InChI is InChI=1S/C16H18N4S/c1-12-10-21-15-14(12)18-11-19-16(15)20(8-7-17)9-13-5-3-2-4-6-13/h2-6,10-11H,7-9,17H2,1H3. The molecule has 0 radical (unpaired) electrons. The van der Waals surface area contributed by atoms with Gasteiger partial charge >= 0.3 is 0 Å². The molecule has 0 saturated heterocycles. The highest BCUT2D eigenvalue weighted by atomic mass is 32.1. The van der Waals surface area contributed by atoms with Crippen LogP contribution in [0, 0.1) is 6.92 Å². The van der Waals surface area contributed by atoms with Crippen molar-refractivity contribution in [2.45, 2.75) is 13.5 Å². The largest absolute Gasteiger partial charge is 0.350 e. The number of fused-ring (bicyclic) bond motifs is 1. The first-order valence-corrected chi connectivity index (χ1v) is 7.85. The van der Waals surface area contributed by atoms with Gasteiger partial charge in [-0.2, -0.15) is 0 Å². The predicted octanol–water partition coefficient (Wildman–Crippen LogP) is 2.97. The van der Waals surface area contributed by atoms with Gasteiger partial charge in [-0.3, -0.25) is 0 Å². The summed E-state index contributed by atoms with van der Waals surface area (Å²) in [5.41, 5.74) is 9.29. The lowest BCUT2D eigenvalue weighted by atomic mass is 10.2. The molecule has 0 aliphatic heterocycles. The van der Waals surface area contributed by atoms with Crippen LogP contribution in [0.1, 0.15) is 11.1 Å². The molecule has 0 amide bonds. The van der Waals surface area contributed by atoms with E-state index < -0.39 is 0 Å². The zero-order valence-corrected chi connectivity index (χ0v) is 12.8. The molecule has 0 saturated carbocycles. The number of aryl methyl sites for hydroxylation is 1. The minimum absolute atomic E-state index is 0.600. The molecular weight excluding hydrogens is 280 g/mol. The molecule has 2 N–H and O–H groups in total. The Bertz CT molecular complexity index is 723. The first-order chi connectivity index (χ1) is 10.3. The van der Waals surface area contributed by atoms with E-state index in [1.165, 1.54) is 11.1 Å². The van der Waals surface area contributed by atoms with Crippen LogP contribution in [0.5, 0.6) is 0 Å². The second-order valence-corrected chi connectivity index (χ2v) is 5.87. The maximum atomic E-state index is 5.79. The highest BCUT2D eigenvalue weighted by Gasteiger charge is 2.14. The molecule has 3 rings (SSSR count). The summed E-state index contributed by atoms with van der Waals surface area (Å²) in [6.07, 6.45) is 1.64. The van der Waals surface area contributed by atoms with Crippen molar-refractivity contribution in [3.8, 4) is 0 Å². The van der Waals surface area contributed by atoms with Gasteiger partial charge in [-0.25, -0.2) is 9.97 Å². The SMILES string of the molecule is Cc1csc2c(N(CCN)Cc3ccccc3)ncnc12. The van der Waals surface area contributed by atoms with Gasteiger partial charge < -0.3 is 10.6 Å². The van der Waals surface area contributed by atoms with E-state index in [1.54, 1.807) is 17.7 Å². The van der Waals surface area contributed by atoms with Crippen LogP contribution in [0.2, 0.25) is 0 Å². The number of aromatic nitrogens is 2. The summed E-state index contributed by atoms with van der Waals surface area (Å²) in [6, 6.07) is 10.4. The lowest BCUT2D eigenvalue weighted by Crippen LogP contribution is -2.29. The van der Waals surface area contributed by atoms with E-state index in [2.05, 4.69) is 51.4 Å². The first-order valence-electron chi connectivity index (χ1n) is 6.97. The molecular formula is C16H18N4S. The van der Waals surface area contributed by atoms with E-state index in [1.807, 2.05) is 6.07 Å². The molecule has 1 aromatic carbocycles. The van der Waals surface area contributed by atoms with Crippen LogP contribution < -0.4 is 10.6 Å². The van der Waals surface area contributed by atoms with Crippen LogP contribution in [0.3, 0.4) is 0 Å². The lowest BCUT2D eigenvalue weighted by molar-refractivity contribution is 0.779. The number of anilines is 1. The number of hydrogen-bond acceptors (Lipinski definition) is 5. The van der Waals surface area contributed by atoms with E-state index in [0.717, 1.165) is 29.1 Å². The summed E-state index contributed by atoms with van der Waals surface area (Å²) < 4.78 is 1.14. The fraction of sp³-hybridized carbons (Fsp3) is 0.250. The lowest BCUT2D eigenvalue weighted by Gasteiger charge is -2.23. The van der Waals surface area contributed by atoms with E-state index in [-0.39, 0.29) is 0 Å². The highest BCUT2D eigenvalue weighted by Crippen LogP contribution is 2.31. The topological polar surface area (TPSA) is 55.0 Å². The third-order valence-corrected chi connectivity index (χ3v) is 4.51. The molecule has 0 bridgehead atoms. The molecule has 4 nitrogen and oxygen atoms in total. The number of nitrogens with two attached hydrogens (primary N) is 1. The Morgan fingerprint density at radius 1 is 1.19 bits per heavy atom. The van der Waals surface area contributed by atoms with Gasteiger partial charge in [0.2, 0.25) is 0 Å². The van der Waals surface area contributed by atoms with E-state index >= 15 is 0 Å². The summed E-state index contributed by atoms with van der Waals surface area (Å²) in [6.45, 7) is 4.27. The second-order valence-electron chi connectivity index (χ2n) is 4.99. The van der Waals surface area contributed by atoms with Crippen molar-refractivity contribution in [2.24, 2.45) is 5.73 Å². The Balaban J connectivity index is 1.99. The van der Waals surface area contributed by atoms with Crippen molar-refractivity contribution in [1.29, 1.82) is 0 Å². The zero-order valence-electron chi connectivity index (χ0n) is 12.0. The average molecular weight is 298 g/mol. The fourth-order valence-corrected chi connectivity index (χ4v) is 3.42. The molecule has 0 aliphatic rings. The predicted molar refractivity (Wildman–Crippen MR) is 88.7 cm³/mol. The fourth-order valence-electron chi connectivity index (χ4n) is 2.40. The Kier molecular flexibility index (Phi) is 4.13. The maximum absolute atomic E-state index is 5.79. The maximum Gasteiger partial charge on any atom is 0.150 e. The Hall–Kier alpha value is -1.98. The Labute approximate surface area is 128 Å². The smallest absolute Gasteiger partial charge is 0.150 e. The minimum atomic E-state index is 0.600.